The van der Waals surface area contributed by atoms with Crippen LogP contribution in [0.15, 0.2) is 30.6 Å². The van der Waals surface area contributed by atoms with Gasteiger partial charge in [0.05, 0.1) is 0 Å². The first-order valence-corrected chi connectivity index (χ1v) is 12.4. The van der Waals surface area contributed by atoms with Gasteiger partial charge in [0.2, 0.25) is 0 Å². The summed E-state index contributed by atoms with van der Waals surface area (Å²) < 4.78 is 14.8. The lowest BCUT2D eigenvalue weighted by Gasteiger charge is -2.30. The Labute approximate surface area is 216 Å². The molecule has 1 saturated carbocycles. The van der Waals surface area contributed by atoms with Gasteiger partial charge in [0.15, 0.2) is 0 Å². The molecule has 38 heavy (non-hydrogen) atoms. The van der Waals surface area contributed by atoms with Crippen LogP contribution in [0, 0.1) is 24.6 Å². The van der Waals surface area contributed by atoms with Crippen molar-refractivity contribution in [3.8, 4) is 0 Å². The van der Waals surface area contributed by atoms with Gasteiger partial charge < -0.3 is 16.0 Å². The van der Waals surface area contributed by atoms with Crippen LogP contribution in [0.3, 0.4) is 0 Å². The average Bonchev–Trinajstić information content (AvgIpc) is 3.52. The number of halogens is 1. The topological polar surface area (TPSA) is 159 Å². The predicted octanol–water partition coefficient (Wildman–Crippen LogP) is 1.25. The summed E-state index contributed by atoms with van der Waals surface area (Å²) in [7, 11) is 0. The quantitative estimate of drug-likeness (QED) is 0.340. The Balaban J connectivity index is 1.20. The number of rotatable bonds is 7. The van der Waals surface area contributed by atoms with E-state index in [-0.39, 0.29) is 47.3 Å². The van der Waals surface area contributed by atoms with Gasteiger partial charge >= 0.3 is 6.03 Å². The zero-order valence-corrected chi connectivity index (χ0v) is 20.7. The maximum absolute atomic E-state index is 13.5. The molecule has 3 aromatic rings. The summed E-state index contributed by atoms with van der Waals surface area (Å²) in [6.07, 6.45) is 4.38. The van der Waals surface area contributed by atoms with E-state index in [4.69, 9.17) is 0 Å². The first kappa shape index (κ1) is 25.2. The summed E-state index contributed by atoms with van der Waals surface area (Å²) in [6.45, 7) is 2.22. The molecule has 4 N–H and O–H groups in total. The van der Waals surface area contributed by atoms with Crippen LogP contribution in [0.2, 0.25) is 0 Å². The lowest BCUT2D eigenvalue weighted by Crippen LogP contribution is -2.40. The Hall–Kier alpha value is -4.42. The van der Waals surface area contributed by atoms with Gasteiger partial charge in [-0.15, -0.1) is 0 Å². The summed E-state index contributed by atoms with van der Waals surface area (Å²) in [4.78, 5) is 57.4. The van der Waals surface area contributed by atoms with E-state index in [1.165, 1.54) is 23.0 Å². The largest absolute Gasteiger partial charge is 0.350 e. The normalized spacial score (nSPS) is 21.2. The molecule has 5 amide bonds. The lowest BCUT2D eigenvalue weighted by atomic mass is 9.78. The molecule has 3 heterocycles. The second kappa shape index (κ2) is 10.5. The monoisotopic (exact) mass is 522 g/mol. The molecule has 1 aliphatic heterocycles. The van der Waals surface area contributed by atoms with Crippen molar-refractivity contribution in [1.29, 1.82) is 0 Å². The fraction of sp³-hybridized carbons (Fsp3) is 0.400. The fourth-order valence-electron chi connectivity index (χ4n) is 5.00. The molecule has 0 radical (unpaired) electrons. The molecule has 1 atom stereocenters. The number of nitrogens with one attached hydrogen (secondary N) is 4. The smallest absolute Gasteiger partial charge is 0.322 e. The Morgan fingerprint density at radius 2 is 1.89 bits per heavy atom. The maximum Gasteiger partial charge on any atom is 0.322 e. The molecule has 1 unspecified atom stereocenters. The molecule has 1 saturated heterocycles. The molecule has 1 aromatic carbocycles. The van der Waals surface area contributed by atoms with Crippen molar-refractivity contribution in [3.05, 3.63) is 58.9 Å². The van der Waals surface area contributed by atoms with Crippen LogP contribution in [0.1, 0.15) is 57.8 Å². The number of imide groups is 1. The predicted molar refractivity (Wildman–Crippen MR) is 131 cm³/mol. The van der Waals surface area contributed by atoms with Crippen LogP contribution >= 0.6 is 0 Å². The van der Waals surface area contributed by atoms with Crippen LogP contribution in [0.5, 0.6) is 0 Å². The molecular formula is C25H27FN8O4. The number of carbonyl (C=O) groups excluding carboxylic acids is 4. The number of aromatic nitrogens is 4. The van der Waals surface area contributed by atoms with Crippen molar-refractivity contribution < 1.29 is 23.6 Å². The van der Waals surface area contributed by atoms with Gasteiger partial charge in [-0.25, -0.2) is 14.2 Å². The number of hydrogen-bond donors (Lipinski definition) is 4. The van der Waals surface area contributed by atoms with Gasteiger partial charge in [-0.2, -0.15) is 14.6 Å². The highest BCUT2D eigenvalue weighted by Crippen LogP contribution is 2.31. The van der Waals surface area contributed by atoms with Crippen molar-refractivity contribution in [2.24, 2.45) is 11.8 Å². The Morgan fingerprint density at radius 3 is 2.61 bits per heavy atom. The van der Waals surface area contributed by atoms with Crippen molar-refractivity contribution in [3.63, 3.8) is 0 Å². The number of hydrogen-bond acceptors (Lipinski definition) is 7. The molecule has 2 aliphatic rings. The molecular weight excluding hydrogens is 495 g/mol. The molecule has 5 rings (SSSR count). The minimum atomic E-state index is -0.507. The first-order valence-electron chi connectivity index (χ1n) is 12.4. The van der Waals surface area contributed by atoms with Crippen LogP contribution in [-0.4, -0.2) is 55.9 Å². The minimum Gasteiger partial charge on any atom is -0.350 e. The zero-order valence-electron chi connectivity index (χ0n) is 20.7. The zero-order chi connectivity index (χ0) is 26.8. The van der Waals surface area contributed by atoms with Crippen LogP contribution in [-0.2, 0) is 11.3 Å². The molecule has 12 nitrogen and oxygen atoms in total. The number of urea groups is 1. The van der Waals surface area contributed by atoms with Gasteiger partial charge in [-0.1, -0.05) is 12.1 Å². The molecule has 1 aliphatic carbocycles. The van der Waals surface area contributed by atoms with Gasteiger partial charge in [-0.05, 0) is 61.6 Å². The minimum absolute atomic E-state index is 0.00637. The third-order valence-electron chi connectivity index (χ3n) is 7.11. The molecule has 2 fully saturated rings. The van der Waals surface area contributed by atoms with Crippen molar-refractivity contribution in [2.75, 3.05) is 6.54 Å². The summed E-state index contributed by atoms with van der Waals surface area (Å²) in [5.74, 6) is -1.14. The number of fused-ring (bicyclic) bond motifs is 1. The SMILES string of the molecule is Cc1cc(CNC(=O)c2cc(C(=O)NCC3CCC(C4NC(=O)NC4=O)CC3)n3ncnc3n2)ccc1F. The van der Waals surface area contributed by atoms with Gasteiger partial charge in [0, 0.05) is 19.2 Å². The number of aryl methyl sites for hydroxylation is 1. The number of nitrogens with zero attached hydrogens (tertiary/aromatic N) is 4. The second-order valence-corrected chi connectivity index (χ2v) is 9.70. The van der Waals surface area contributed by atoms with Gasteiger partial charge in [0.25, 0.3) is 23.5 Å². The van der Waals surface area contributed by atoms with E-state index in [1.807, 2.05) is 0 Å². The standard InChI is InChI=1S/C25H27FN8O4/c1-13-8-15(4-7-17(13)26)11-27-21(35)18-9-19(34-24(31-18)29-12-30-34)22(36)28-10-14-2-5-16(6-3-14)20-23(37)33-25(38)32-20/h4,7-9,12,14,16,20H,2-3,5-6,10-11H2,1H3,(H,27,35)(H,28,36)(H2,32,33,37,38). The second-order valence-electron chi connectivity index (χ2n) is 9.70. The van der Waals surface area contributed by atoms with Crippen molar-refractivity contribution >= 4 is 29.5 Å². The molecule has 13 heteroatoms. The van der Waals surface area contributed by atoms with Crippen LogP contribution < -0.4 is 21.3 Å². The van der Waals surface area contributed by atoms with Gasteiger partial charge in [-0.3, -0.25) is 19.7 Å². The molecule has 198 valence electrons. The highest BCUT2D eigenvalue weighted by atomic mass is 19.1. The summed E-state index contributed by atoms with van der Waals surface area (Å²) in [5, 5.41) is 14.7. The average molecular weight is 523 g/mol. The fourth-order valence-corrected chi connectivity index (χ4v) is 5.00. The summed E-state index contributed by atoms with van der Waals surface area (Å²) >= 11 is 0. The lowest BCUT2D eigenvalue weighted by molar-refractivity contribution is -0.121. The Bertz CT molecular complexity index is 1420. The van der Waals surface area contributed by atoms with E-state index < -0.39 is 23.9 Å². The maximum atomic E-state index is 13.5. The first-order chi connectivity index (χ1) is 18.3. The molecule has 2 aromatic heterocycles. The van der Waals surface area contributed by atoms with Crippen molar-refractivity contribution in [2.45, 2.75) is 45.2 Å². The van der Waals surface area contributed by atoms with Crippen molar-refractivity contribution in [1.82, 2.24) is 40.8 Å². The van der Waals surface area contributed by atoms with E-state index >= 15 is 0 Å². The number of carbonyl (C=O) groups is 4. The molecule has 0 bridgehead atoms. The summed E-state index contributed by atoms with van der Waals surface area (Å²) in [5.41, 5.74) is 1.33. The van der Waals surface area contributed by atoms with E-state index in [0.29, 0.717) is 12.1 Å². The number of amides is 5. The van der Waals surface area contributed by atoms with E-state index in [9.17, 15) is 23.6 Å². The highest BCUT2D eigenvalue weighted by molar-refractivity contribution is 6.04. The third kappa shape index (κ3) is 5.31. The van der Waals surface area contributed by atoms with E-state index in [1.54, 1.807) is 19.1 Å². The molecule has 0 spiro atoms. The third-order valence-corrected chi connectivity index (χ3v) is 7.11. The van der Waals surface area contributed by atoms with E-state index in [0.717, 1.165) is 31.2 Å². The Morgan fingerprint density at radius 1 is 1.11 bits per heavy atom. The van der Waals surface area contributed by atoms with Crippen LogP contribution in [0.25, 0.3) is 5.78 Å². The van der Waals surface area contributed by atoms with Gasteiger partial charge in [0.1, 0.15) is 29.6 Å². The van der Waals surface area contributed by atoms with E-state index in [2.05, 4.69) is 36.3 Å². The Kier molecular flexibility index (Phi) is 6.99. The van der Waals surface area contributed by atoms with Crippen LogP contribution in [0.4, 0.5) is 9.18 Å². The highest BCUT2D eigenvalue weighted by Gasteiger charge is 2.38. The summed E-state index contributed by atoms with van der Waals surface area (Å²) in [6, 6.07) is 4.99. The number of benzene rings is 1.